The largest absolute Gasteiger partial charge is 0.441 e. The Balaban J connectivity index is 1.10. The number of halogens is 2. The number of allylic oxidation sites excluding steroid dienone is 4. The number of fused-ring (bicyclic) bond motifs is 7. The molecule has 17 heteroatoms. The van der Waals surface area contributed by atoms with Gasteiger partial charge in [0.1, 0.15) is 6.17 Å². The first kappa shape index (κ1) is 42.7. The molecule has 2 heterocycles. The van der Waals surface area contributed by atoms with Crippen LogP contribution in [0.3, 0.4) is 0 Å². The molecule has 10 atom stereocenters. The SMILES string of the molecule is CCCC1O[C@@H]2CC3C4CC[C@H](F)C5=CC(=O)C=C[C@]5(C)[C@@]4(F)[C@@H](O)C[C@]3(C)[C@]2(C(=O)COC(=O)N(C)CCSSC(C)(C)CC(=O)ON2C(=O)CCC2=O)O1. The van der Waals surface area contributed by atoms with Crippen molar-refractivity contribution in [2.24, 2.45) is 22.7 Å². The van der Waals surface area contributed by atoms with Crippen molar-refractivity contribution < 1.29 is 61.7 Å². The predicted molar refractivity (Wildman–Crippen MR) is 201 cm³/mol. The number of ether oxygens (including phenoxy) is 3. The molecule has 0 bridgehead atoms. The van der Waals surface area contributed by atoms with Crippen LogP contribution in [0.15, 0.2) is 23.8 Å². The average Bonchev–Trinajstić information content (AvgIpc) is 3.72. The summed E-state index contributed by atoms with van der Waals surface area (Å²) in [6.45, 7) is 8.45. The molecule has 13 nitrogen and oxygen atoms in total. The molecule has 2 aliphatic heterocycles. The van der Waals surface area contributed by atoms with E-state index in [2.05, 4.69) is 0 Å². The van der Waals surface area contributed by atoms with Crippen LogP contribution >= 0.6 is 21.6 Å². The van der Waals surface area contributed by atoms with Crippen molar-refractivity contribution in [3.63, 3.8) is 0 Å². The molecule has 0 aromatic rings. The summed E-state index contributed by atoms with van der Waals surface area (Å²) in [5, 5.41) is 12.4. The van der Waals surface area contributed by atoms with Crippen LogP contribution in [0.2, 0.25) is 0 Å². The Kier molecular flexibility index (Phi) is 12.0. The van der Waals surface area contributed by atoms with Gasteiger partial charge in [0.2, 0.25) is 5.78 Å². The van der Waals surface area contributed by atoms with Crippen LogP contribution in [0.4, 0.5) is 13.6 Å². The fourth-order valence-electron chi connectivity index (χ4n) is 10.1. The number of amides is 3. The number of rotatable bonds is 13. The molecule has 0 radical (unpaired) electrons. The number of nitrogens with zero attached hydrogens (tertiary/aromatic N) is 2. The van der Waals surface area contributed by atoms with Crippen molar-refractivity contribution in [1.29, 1.82) is 0 Å². The number of carbonyl (C=O) groups excluding carboxylic acids is 6. The van der Waals surface area contributed by atoms with Crippen LogP contribution in [0, 0.1) is 22.7 Å². The number of alkyl halides is 2. The van der Waals surface area contributed by atoms with Crippen molar-refractivity contribution >= 4 is 57.0 Å². The van der Waals surface area contributed by atoms with E-state index in [1.807, 2.05) is 6.92 Å². The smallest absolute Gasteiger partial charge is 0.409 e. The number of aliphatic hydroxyl groups is 1. The van der Waals surface area contributed by atoms with Crippen LogP contribution in [0.25, 0.3) is 0 Å². The molecule has 3 amide bonds. The molecule has 4 aliphatic carbocycles. The molecule has 310 valence electrons. The van der Waals surface area contributed by atoms with Gasteiger partial charge in [-0.25, -0.2) is 18.4 Å². The summed E-state index contributed by atoms with van der Waals surface area (Å²) in [5.74, 6) is -3.88. The molecular weight excluding hydrogens is 775 g/mol. The first-order valence-electron chi connectivity index (χ1n) is 19.3. The topological polar surface area (TPSA) is 166 Å². The monoisotopic (exact) mass is 826 g/mol. The van der Waals surface area contributed by atoms with E-state index in [1.165, 1.54) is 52.6 Å². The van der Waals surface area contributed by atoms with E-state index in [4.69, 9.17) is 19.0 Å². The van der Waals surface area contributed by atoms with Crippen molar-refractivity contribution in [2.75, 3.05) is 26.0 Å². The summed E-state index contributed by atoms with van der Waals surface area (Å²) in [7, 11) is 4.27. The van der Waals surface area contributed by atoms with Crippen LogP contribution in [-0.2, 0) is 43.0 Å². The standard InChI is InChI=1S/C39H52F2N2O11S2/c1-7-8-33-52-29-18-24-23-9-10-26(40)25-17-22(44)13-14-36(25,4)38(23,41)27(45)19-37(24,5)39(29,53-33)28(46)21-51-34(50)42(6)15-16-55-56-35(2,3)20-32(49)54-43-30(47)11-12-31(43)48/h13-14,17,23-24,26-27,29,33,45H,7-12,15-16,18-21H2,1-6H3/t23?,24?,26-,27-,29+,33?,36-,37-,38-,39+/m0/s1. The molecule has 0 aromatic carbocycles. The van der Waals surface area contributed by atoms with Crippen LogP contribution < -0.4 is 0 Å². The first-order chi connectivity index (χ1) is 26.2. The zero-order valence-electron chi connectivity index (χ0n) is 32.7. The zero-order chi connectivity index (χ0) is 41.0. The summed E-state index contributed by atoms with van der Waals surface area (Å²) in [6, 6.07) is 0. The maximum Gasteiger partial charge on any atom is 0.409 e. The van der Waals surface area contributed by atoms with Gasteiger partial charge >= 0.3 is 12.1 Å². The summed E-state index contributed by atoms with van der Waals surface area (Å²) >= 11 is 0. The van der Waals surface area contributed by atoms with Crippen molar-refractivity contribution in [3.05, 3.63) is 23.8 Å². The fraction of sp³-hybridized carbons (Fsp3) is 0.744. The Morgan fingerprint density at radius 2 is 1.82 bits per heavy atom. The highest BCUT2D eigenvalue weighted by molar-refractivity contribution is 8.77. The Hall–Kier alpha value is -2.86. The highest BCUT2D eigenvalue weighted by Gasteiger charge is 2.79. The van der Waals surface area contributed by atoms with Crippen molar-refractivity contribution in [3.8, 4) is 0 Å². The minimum absolute atomic E-state index is 0.00365. The van der Waals surface area contributed by atoms with E-state index in [-0.39, 0.29) is 57.1 Å². The molecule has 5 fully saturated rings. The maximum atomic E-state index is 18.0. The number of carbonyl (C=O) groups is 6. The Labute approximate surface area is 333 Å². The van der Waals surface area contributed by atoms with Gasteiger partial charge in [0.15, 0.2) is 29.9 Å². The molecule has 1 N–H and O–H groups in total. The molecular formula is C39H52F2N2O11S2. The summed E-state index contributed by atoms with van der Waals surface area (Å²) in [4.78, 5) is 82.2. The third-order valence-corrected chi connectivity index (χ3v) is 16.1. The number of hydrogen-bond acceptors (Lipinski definition) is 13. The second kappa shape index (κ2) is 15.7. The molecule has 0 spiro atoms. The lowest BCUT2D eigenvalue weighted by atomic mass is 9.48. The molecule has 0 aromatic heterocycles. The second-order valence-corrected chi connectivity index (χ2v) is 20.0. The maximum absolute atomic E-state index is 18.0. The van der Waals surface area contributed by atoms with E-state index in [0.29, 0.717) is 23.7 Å². The van der Waals surface area contributed by atoms with Gasteiger partial charge in [-0.15, -0.1) is 5.06 Å². The molecule has 56 heavy (non-hydrogen) atoms. The van der Waals surface area contributed by atoms with Gasteiger partial charge in [-0.1, -0.05) is 47.9 Å². The molecule has 6 aliphatic rings. The molecule has 3 unspecified atom stereocenters. The summed E-state index contributed by atoms with van der Waals surface area (Å²) in [5.41, 5.74) is -6.79. The van der Waals surface area contributed by atoms with E-state index in [1.54, 1.807) is 20.8 Å². The van der Waals surface area contributed by atoms with Crippen LogP contribution in [0.5, 0.6) is 0 Å². The van der Waals surface area contributed by atoms with Gasteiger partial charge in [-0.3, -0.25) is 19.2 Å². The van der Waals surface area contributed by atoms with Crippen LogP contribution in [0.1, 0.15) is 92.4 Å². The minimum Gasteiger partial charge on any atom is -0.441 e. The Morgan fingerprint density at radius 3 is 2.50 bits per heavy atom. The van der Waals surface area contributed by atoms with E-state index in [0.717, 1.165) is 6.08 Å². The quantitative estimate of drug-likeness (QED) is 0.143. The second-order valence-electron chi connectivity index (χ2n) is 16.9. The van der Waals surface area contributed by atoms with Gasteiger partial charge in [-0.2, -0.15) is 0 Å². The number of hydrogen-bond donors (Lipinski definition) is 1. The lowest BCUT2D eigenvalue weighted by Gasteiger charge is -2.59. The zero-order valence-corrected chi connectivity index (χ0v) is 34.3. The van der Waals surface area contributed by atoms with Gasteiger partial charge in [0.25, 0.3) is 11.8 Å². The number of hydroxylamine groups is 2. The van der Waals surface area contributed by atoms with Gasteiger partial charge in [-0.05, 0) is 76.5 Å². The summed E-state index contributed by atoms with van der Waals surface area (Å²) in [6.07, 6.45) is -0.694. The van der Waals surface area contributed by atoms with E-state index >= 15 is 8.78 Å². The van der Waals surface area contributed by atoms with Gasteiger partial charge < -0.3 is 29.1 Å². The van der Waals surface area contributed by atoms with Gasteiger partial charge in [0.05, 0.1) is 18.6 Å². The van der Waals surface area contributed by atoms with Crippen LogP contribution in [-0.4, -0.2) is 117 Å². The van der Waals surface area contributed by atoms with Gasteiger partial charge in [0, 0.05) is 53.7 Å². The normalized spacial score (nSPS) is 37.6. The molecule has 2 saturated heterocycles. The lowest BCUT2D eigenvalue weighted by molar-refractivity contribution is -0.224. The molecule has 6 rings (SSSR count). The highest BCUT2D eigenvalue weighted by Crippen LogP contribution is 2.71. The highest BCUT2D eigenvalue weighted by atomic mass is 33.1. The fourth-order valence-corrected chi connectivity index (χ4v) is 12.6. The number of ketones is 2. The Morgan fingerprint density at radius 1 is 1.12 bits per heavy atom. The predicted octanol–water partition coefficient (Wildman–Crippen LogP) is 5.38. The minimum atomic E-state index is -2.36. The number of aliphatic hydroxyl groups excluding tert-OH is 1. The van der Waals surface area contributed by atoms with Crippen molar-refractivity contribution in [2.45, 2.75) is 133 Å². The molecule has 3 saturated carbocycles. The third-order valence-electron chi connectivity index (χ3n) is 12.8. The lowest BCUT2D eigenvalue weighted by Crippen LogP contribution is -2.68. The van der Waals surface area contributed by atoms with E-state index in [9.17, 15) is 33.9 Å². The Bertz CT molecular complexity index is 1700. The average molecular weight is 827 g/mol. The van der Waals surface area contributed by atoms with Crippen molar-refractivity contribution in [1.82, 2.24) is 9.96 Å². The summed E-state index contributed by atoms with van der Waals surface area (Å²) < 4.78 is 51.6. The number of Topliss-reactive ketones (excluding diaryl/α,β-unsaturated/α-hetero) is 1. The number of imide groups is 1. The third kappa shape index (κ3) is 7.15. The van der Waals surface area contributed by atoms with E-state index < -0.39 is 105 Å². The first-order valence-corrected chi connectivity index (χ1v) is 21.6.